The van der Waals surface area contributed by atoms with Crippen molar-refractivity contribution >= 4 is 27.8 Å². The van der Waals surface area contributed by atoms with E-state index in [0.717, 1.165) is 17.5 Å². The molecule has 0 bridgehead atoms. The average Bonchev–Trinajstić information content (AvgIpc) is 2.76. The SMILES string of the molecule is Cc1cc(C)nc(NCc2cc(O)c(N3CC(=O)NS3(=O)=O)c(F)c2)n1. The molecule has 0 atom stereocenters. The number of halogens is 1. The molecule has 138 valence electrons. The highest BCUT2D eigenvalue weighted by molar-refractivity contribution is 7.92. The lowest BCUT2D eigenvalue weighted by molar-refractivity contribution is -0.117. The number of anilines is 2. The third-order valence-electron chi connectivity index (χ3n) is 3.61. The second-order valence-corrected chi connectivity index (χ2v) is 7.41. The van der Waals surface area contributed by atoms with Crippen molar-refractivity contribution in [2.75, 3.05) is 16.2 Å². The molecule has 0 radical (unpaired) electrons. The minimum absolute atomic E-state index is 0.109. The third-order valence-corrected chi connectivity index (χ3v) is 4.98. The molecule has 3 rings (SSSR count). The largest absolute Gasteiger partial charge is 0.506 e. The van der Waals surface area contributed by atoms with Gasteiger partial charge in [-0.05, 0) is 37.6 Å². The Morgan fingerprint density at radius 1 is 1.27 bits per heavy atom. The van der Waals surface area contributed by atoms with Gasteiger partial charge in [0.2, 0.25) is 5.95 Å². The number of hydrogen-bond donors (Lipinski definition) is 3. The summed E-state index contributed by atoms with van der Waals surface area (Å²) in [5.74, 6) is -2.02. The maximum Gasteiger partial charge on any atom is 0.326 e. The molecule has 9 nitrogen and oxygen atoms in total. The monoisotopic (exact) mass is 381 g/mol. The van der Waals surface area contributed by atoms with Gasteiger partial charge >= 0.3 is 10.2 Å². The summed E-state index contributed by atoms with van der Waals surface area (Å²) in [6, 6.07) is 4.09. The third kappa shape index (κ3) is 3.52. The molecule has 1 aromatic carbocycles. The second-order valence-electron chi connectivity index (χ2n) is 5.81. The van der Waals surface area contributed by atoms with E-state index in [4.69, 9.17) is 0 Å². The lowest BCUT2D eigenvalue weighted by atomic mass is 10.1. The Hall–Kier alpha value is -2.95. The highest BCUT2D eigenvalue weighted by atomic mass is 32.2. The van der Waals surface area contributed by atoms with Crippen LogP contribution in [0, 0.1) is 19.7 Å². The fourth-order valence-electron chi connectivity index (χ4n) is 2.62. The van der Waals surface area contributed by atoms with Gasteiger partial charge in [-0.25, -0.2) is 23.4 Å². The molecule has 2 heterocycles. The summed E-state index contributed by atoms with van der Waals surface area (Å²) in [6.07, 6.45) is 0. The van der Waals surface area contributed by atoms with Crippen molar-refractivity contribution in [3.8, 4) is 5.75 Å². The summed E-state index contributed by atoms with van der Waals surface area (Å²) in [5.41, 5.74) is 1.30. The van der Waals surface area contributed by atoms with Gasteiger partial charge < -0.3 is 10.4 Å². The summed E-state index contributed by atoms with van der Waals surface area (Å²) in [6.45, 7) is 3.14. The van der Waals surface area contributed by atoms with Crippen LogP contribution in [-0.4, -0.2) is 35.9 Å². The van der Waals surface area contributed by atoms with Crippen LogP contribution in [0.1, 0.15) is 17.0 Å². The fourth-order valence-corrected chi connectivity index (χ4v) is 3.79. The van der Waals surface area contributed by atoms with E-state index in [0.29, 0.717) is 15.8 Å². The van der Waals surface area contributed by atoms with Gasteiger partial charge in [0, 0.05) is 17.9 Å². The molecule has 0 spiro atoms. The zero-order chi connectivity index (χ0) is 19.1. The number of carbonyl (C=O) groups excluding carboxylic acids is 1. The lowest BCUT2D eigenvalue weighted by Crippen LogP contribution is -2.30. The van der Waals surface area contributed by atoms with Gasteiger partial charge in [0.1, 0.15) is 18.0 Å². The summed E-state index contributed by atoms with van der Waals surface area (Å²) in [7, 11) is -4.21. The molecule has 0 aliphatic carbocycles. The predicted octanol–water partition coefficient (Wildman–Crippen LogP) is 0.731. The van der Waals surface area contributed by atoms with E-state index in [1.807, 2.05) is 13.8 Å². The number of aryl methyl sites for hydroxylation is 2. The van der Waals surface area contributed by atoms with Crippen LogP contribution in [0.15, 0.2) is 18.2 Å². The van der Waals surface area contributed by atoms with E-state index in [1.165, 1.54) is 6.07 Å². The molecule has 1 aliphatic rings. The minimum atomic E-state index is -4.21. The Bertz CT molecular complexity index is 952. The normalized spacial score (nSPS) is 15.8. The molecule has 3 N–H and O–H groups in total. The first-order valence-electron chi connectivity index (χ1n) is 7.56. The standard InChI is InChI=1S/C15H16FN5O4S/c1-8-3-9(2)19-15(18-8)17-6-10-4-11(16)14(12(22)5-10)21-7-13(23)20-26(21,24)25/h3-5,22H,6-7H2,1-2H3,(H,20,23)(H,17,18,19). The van der Waals surface area contributed by atoms with E-state index in [2.05, 4.69) is 15.3 Å². The first kappa shape index (κ1) is 17.9. The zero-order valence-electron chi connectivity index (χ0n) is 13.9. The van der Waals surface area contributed by atoms with Crippen LogP contribution in [-0.2, 0) is 21.5 Å². The molecule has 1 aromatic heterocycles. The van der Waals surface area contributed by atoms with Gasteiger partial charge in [0.15, 0.2) is 5.82 Å². The second kappa shape index (κ2) is 6.41. The minimum Gasteiger partial charge on any atom is -0.506 e. The van der Waals surface area contributed by atoms with Crippen molar-refractivity contribution in [1.82, 2.24) is 14.7 Å². The summed E-state index contributed by atoms with van der Waals surface area (Å²) < 4.78 is 40.3. The van der Waals surface area contributed by atoms with Crippen LogP contribution in [0.5, 0.6) is 5.75 Å². The number of nitrogens with zero attached hydrogens (tertiary/aromatic N) is 3. The molecule has 2 aromatic rings. The number of aromatic hydroxyl groups is 1. The molecule has 0 saturated carbocycles. The first-order valence-corrected chi connectivity index (χ1v) is 9.00. The Morgan fingerprint density at radius 2 is 1.92 bits per heavy atom. The van der Waals surface area contributed by atoms with Crippen LogP contribution in [0.3, 0.4) is 0 Å². The Balaban J connectivity index is 1.84. The molecule has 1 fully saturated rings. The van der Waals surface area contributed by atoms with Crippen molar-refractivity contribution in [1.29, 1.82) is 0 Å². The maximum absolute atomic E-state index is 14.4. The Labute approximate surface area is 149 Å². The number of aromatic nitrogens is 2. The van der Waals surface area contributed by atoms with E-state index < -0.39 is 39.9 Å². The van der Waals surface area contributed by atoms with Crippen LogP contribution in [0.4, 0.5) is 16.0 Å². The number of benzene rings is 1. The fraction of sp³-hybridized carbons (Fsp3) is 0.267. The average molecular weight is 381 g/mol. The Morgan fingerprint density at radius 3 is 2.46 bits per heavy atom. The maximum atomic E-state index is 14.4. The van der Waals surface area contributed by atoms with Gasteiger partial charge in [-0.1, -0.05) is 0 Å². The summed E-state index contributed by atoms with van der Waals surface area (Å²) >= 11 is 0. The predicted molar refractivity (Wildman–Crippen MR) is 91.3 cm³/mol. The highest BCUT2D eigenvalue weighted by Gasteiger charge is 2.37. The molecule has 0 unspecified atom stereocenters. The lowest BCUT2D eigenvalue weighted by Gasteiger charge is -2.18. The van der Waals surface area contributed by atoms with Gasteiger partial charge in [0.05, 0.1) is 0 Å². The van der Waals surface area contributed by atoms with Gasteiger partial charge in [-0.2, -0.15) is 8.42 Å². The number of phenolic OH excluding ortho intramolecular Hbond substituents is 1. The summed E-state index contributed by atoms with van der Waals surface area (Å²) in [5, 5.41) is 13.0. The Kier molecular flexibility index (Phi) is 4.40. The zero-order valence-corrected chi connectivity index (χ0v) is 14.8. The van der Waals surface area contributed by atoms with Crippen LogP contribution in [0.25, 0.3) is 0 Å². The van der Waals surface area contributed by atoms with Crippen LogP contribution in [0.2, 0.25) is 0 Å². The first-order chi connectivity index (χ1) is 12.2. The molecule has 1 saturated heterocycles. The van der Waals surface area contributed by atoms with E-state index >= 15 is 0 Å². The molecule has 1 aliphatic heterocycles. The molecular formula is C15H16FN5O4S. The number of hydrogen-bond acceptors (Lipinski definition) is 7. The molecule has 1 amide bonds. The highest BCUT2D eigenvalue weighted by Crippen LogP contribution is 2.34. The van der Waals surface area contributed by atoms with E-state index in [1.54, 1.807) is 10.8 Å². The number of nitrogens with one attached hydrogen (secondary N) is 2. The van der Waals surface area contributed by atoms with E-state index in [-0.39, 0.29) is 6.54 Å². The van der Waals surface area contributed by atoms with Gasteiger partial charge in [0.25, 0.3) is 5.91 Å². The number of rotatable bonds is 4. The quantitative estimate of drug-likeness (QED) is 0.713. The van der Waals surface area contributed by atoms with Crippen LogP contribution >= 0.6 is 0 Å². The van der Waals surface area contributed by atoms with Crippen LogP contribution < -0.4 is 14.3 Å². The summed E-state index contributed by atoms with van der Waals surface area (Å²) in [4.78, 5) is 19.7. The van der Waals surface area contributed by atoms with Gasteiger partial charge in [-0.3, -0.25) is 4.79 Å². The molecule has 26 heavy (non-hydrogen) atoms. The van der Waals surface area contributed by atoms with Crippen molar-refractivity contribution in [3.05, 3.63) is 41.0 Å². The number of carbonyl (C=O) groups is 1. The van der Waals surface area contributed by atoms with Crippen molar-refractivity contribution < 1.29 is 22.7 Å². The number of phenols is 1. The number of amides is 1. The molecule has 11 heteroatoms. The topological polar surface area (TPSA) is 125 Å². The van der Waals surface area contributed by atoms with Crippen molar-refractivity contribution in [3.63, 3.8) is 0 Å². The van der Waals surface area contributed by atoms with Crippen molar-refractivity contribution in [2.24, 2.45) is 0 Å². The molecular weight excluding hydrogens is 365 g/mol. The van der Waals surface area contributed by atoms with E-state index in [9.17, 15) is 22.7 Å². The smallest absolute Gasteiger partial charge is 0.326 e. The van der Waals surface area contributed by atoms with Gasteiger partial charge in [-0.15, -0.1) is 0 Å². The van der Waals surface area contributed by atoms with Crippen molar-refractivity contribution in [2.45, 2.75) is 20.4 Å².